The predicted octanol–water partition coefficient (Wildman–Crippen LogP) is 1.91. The molecule has 0 aromatic carbocycles. The number of hydrogen-bond donors (Lipinski definition) is 1. The van der Waals surface area contributed by atoms with Gasteiger partial charge in [0.05, 0.1) is 0 Å². The Labute approximate surface area is 99.1 Å². The SMILES string of the molecule is CCN(C(=O)C(F)(F)F)C1CCCCC1CN. The molecule has 1 saturated carbocycles. The van der Waals surface area contributed by atoms with Crippen LogP contribution in [0.5, 0.6) is 0 Å². The van der Waals surface area contributed by atoms with Crippen LogP contribution in [0, 0.1) is 5.92 Å². The summed E-state index contributed by atoms with van der Waals surface area (Å²) in [5, 5.41) is 0. The molecule has 0 heterocycles. The van der Waals surface area contributed by atoms with Crippen molar-refractivity contribution in [3.05, 3.63) is 0 Å². The van der Waals surface area contributed by atoms with Crippen LogP contribution in [-0.4, -0.2) is 36.1 Å². The maximum atomic E-state index is 12.4. The molecule has 1 aliphatic carbocycles. The number of carbonyl (C=O) groups excluding carboxylic acids is 1. The normalized spacial score (nSPS) is 25.7. The first-order chi connectivity index (χ1) is 7.91. The van der Waals surface area contributed by atoms with E-state index in [2.05, 4.69) is 0 Å². The Hall–Kier alpha value is -0.780. The minimum Gasteiger partial charge on any atom is -0.332 e. The van der Waals surface area contributed by atoms with Crippen LogP contribution in [-0.2, 0) is 4.79 Å². The van der Waals surface area contributed by atoms with E-state index in [4.69, 9.17) is 5.73 Å². The van der Waals surface area contributed by atoms with Gasteiger partial charge < -0.3 is 10.6 Å². The van der Waals surface area contributed by atoms with E-state index in [9.17, 15) is 18.0 Å². The second-order valence-electron chi connectivity index (χ2n) is 4.44. The van der Waals surface area contributed by atoms with Crippen LogP contribution in [0.4, 0.5) is 13.2 Å². The van der Waals surface area contributed by atoms with Crippen molar-refractivity contribution < 1.29 is 18.0 Å². The molecule has 0 aliphatic heterocycles. The van der Waals surface area contributed by atoms with E-state index in [1.54, 1.807) is 6.92 Å². The fourth-order valence-corrected chi connectivity index (χ4v) is 2.56. The summed E-state index contributed by atoms with van der Waals surface area (Å²) in [7, 11) is 0. The van der Waals surface area contributed by atoms with Gasteiger partial charge in [0.1, 0.15) is 0 Å². The van der Waals surface area contributed by atoms with Crippen molar-refractivity contribution in [1.29, 1.82) is 0 Å². The van der Waals surface area contributed by atoms with Crippen LogP contribution < -0.4 is 5.73 Å². The van der Waals surface area contributed by atoms with Crippen LogP contribution in [0.25, 0.3) is 0 Å². The molecule has 0 saturated heterocycles. The van der Waals surface area contributed by atoms with E-state index >= 15 is 0 Å². The van der Waals surface area contributed by atoms with Gasteiger partial charge in [0.2, 0.25) is 0 Å². The third-order valence-electron chi connectivity index (χ3n) is 3.42. The summed E-state index contributed by atoms with van der Waals surface area (Å²) in [5.41, 5.74) is 5.58. The van der Waals surface area contributed by atoms with E-state index in [-0.39, 0.29) is 18.5 Å². The first-order valence-electron chi connectivity index (χ1n) is 5.99. The first kappa shape index (κ1) is 14.3. The van der Waals surface area contributed by atoms with Gasteiger partial charge in [-0.05, 0) is 32.2 Å². The molecule has 2 N–H and O–H groups in total. The molecule has 3 nitrogen and oxygen atoms in total. The summed E-state index contributed by atoms with van der Waals surface area (Å²) in [4.78, 5) is 12.3. The summed E-state index contributed by atoms with van der Waals surface area (Å²) in [6.45, 7) is 2.00. The smallest absolute Gasteiger partial charge is 0.332 e. The highest BCUT2D eigenvalue weighted by Gasteiger charge is 2.45. The van der Waals surface area contributed by atoms with Crippen LogP contribution in [0.15, 0.2) is 0 Å². The van der Waals surface area contributed by atoms with E-state index < -0.39 is 12.1 Å². The molecule has 1 rings (SSSR count). The number of hydrogen-bond acceptors (Lipinski definition) is 2. The van der Waals surface area contributed by atoms with Crippen LogP contribution in [0.3, 0.4) is 0 Å². The Morgan fingerprint density at radius 3 is 2.41 bits per heavy atom. The van der Waals surface area contributed by atoms with Gasteiger partial charge in [-0.25, -0.2) is 0 Å². The third kappa shape index (κ3) is 3.34. The average Bonchev–Trinajstić information content (AvgIpc) is 2.29. The largest absolute Gasteiger partial charge is 0.471 e. The van der Waals surface area contributed by atoms with Crippen molar-refractivity contribution in [3.8, 4) is 0 Å². The summed E-state index contributed by atoms with van der Waals surface area (Å²) in [6, 6.07) is -0.354. The van der Waals surface area contributed by atoms with Gasteiger partial charge >= 0.3 is 12.1 Å². The van der Waals surface area contributed by atoms with Crippen LogP contribution in [0.2, 0.25) is 0 Å². The van der Waals surface area contributed by atoms with E-state index in [0.717, 1.165) is 24.2 Å². The topological polar surface area (TPSA) is 46.3 Å². The van der Waals surface area contributed by atoms with Crippen molar-refractivity contribution >= 4 is 5.91 Å². The summed E-state index contributed by atoms with van der Waals surface area (Å²) >= 11 is 0. The van der Waals surface area contributed by atoms with Crippen molar-refractivity contribution in [1.82, 2.24) is 4.90 Å². The average molecular weight is 252 g/mol. The highest BCUT2D eigenvalue weighted by atomic mass is 19.4. The maximum absolute atomic E-state index is 12.4. The second kappa shape index (κ2) is 5.71. The zero-order chi connectivity index (χ0) is 13.1. The van der Waals surface area contributed by atoms with Gasteiger partial charge in [-0.1, -0.05) is 12.8 Å². The molecular weight excluding hydrogens is 233 g/mol. The molecule has 0 spiro atoms. The Morgan fingerprint density at radius 2 is 1.94 bits per heavy atom. The third-order valence-corrected chi connectivity index (χ3v) is 3.42. The highest BCUT2D eigenvalue weighted by molar-refractivity contribution is 5.82. The minimum absolute atomic E-state index is 0.00463. The fourth-order valence-electron chi connectivity index (χ4n) is 2.56. The number of alkyl halides is 3. The second-order valence-corrected chi connectivity index (χ2v) is 4.44. The highest BCUT2D eigenvalue weighted by Crippen LogP contribution is 2.30. The molecule has 1 aliphatic rings. The quantitative estimate of drug-likeness (QED) is 0.834. The Balaban J connectivity index is 2.81. The number of rotatable bonds is 3. The molecular formula is C11H19F3N2O. The Bertz CT molecular complexity index is 268. The molecule has 0 radical (unpaired) electrons. The number of nitrogens with two attached hydrogens (primary N) is 1. The predicted molar refractivity (Wildman–Crippen MR) is 58.2 cm³/mol. The lowest BCUT2D eigenvalue weighted by molar-refractivity contribution is -0.189. The number of carbonyl (C=O) groups is 1. The molecule has 0 bridgehead atoms. The molecule has 17 heavy (non-hydrogen) atoms. The van der Waals surface area contributed by atoms with Gasteiger partial charge in [-0.2, -0.15) is 13.2 Å². The molecule has 0 aromatic rings. The summed E-state index contributed by atoms with van der Waals surface area (Å²) < 4.78 is 37.3. The van der Waals surface area contributed by atoms with E-state index in [1.165, 1.54) is 0 Å². The summed E-state index contributed by atoms with van der Waals surface area (Å²) in [6.07, 6.45) is -1.51. The molecule has 0 aromatic heterocycles. The van der Waals surface area contributed by atoms with Gasteiger partial charge in [-0.15, -0.1) is 0 Å². The van der Waals surface area contributed by atoms with Crippen molar-refractivity contribution in [2.24, 2.45) is 11.7 Å². The van der Waals surface area contributed by atoms with Crippen molar-refractivity contribution in [2.75, 3.05) is 13.1 Å². The zero-order valence-electron chi connectivity index (χ0n) is 9.96. The number of halogens is 3. The van der Waals surface area contributed by atoms with Gasteiger partial charge in [0, 0.05) is 12.6 Å². The van der Waals surface area contributed by atoms with Gasteiger partial charge in [0.25, 0.3) is 0 Å². The van der Waals surface area contributed by atoms with Crippen LogP contribution >= 0.6 is 0 Å². The molecule has 2 atom stereocenters. The molecule has 6 heteroatoms. The van der Waals surface area contributed by atoms with Crippen molar-refractivity contribution in [3.63, 3.8) is 0 Å². The zero-order valence-corrected chi connectivity index (χ0v) is 9.96. The van der Waals surface area contributed by atoms with E-state index in [0.29, 0.717) is 13.0 Å². The fraction of sp³-hybridized carbons (Fsp3) is 0.909. The number of nitrogens with zero attached hydrogens (tertiary/aromatic N) is 1. The Kier molecular flexibility index (Phi) is 4.80. The number of amides is 1. The monoisotopic (exact) mass is 252 g/mol. The lowest BCUT2D eigenvalue weighted by Crippen LogP contribution is -2.52. The van der Waals surface area contributed by atoms with Gasteiger partial charge in [-0.3, -0.25) is 4.79 Å². The summed E-state index contributed by atoms with van der Waals surface area (Å²) in [5.74, 6) is -1.74. The van der Waals surface area contributed by atoms with Crippen molar-refractivity contribution in [2.45, 2.75) is 44.8 Å². The molecule has 1 fully saturated rings. The first-order valence-corrected chi connectivity index (χ1v) is 5.99. The van der Waals surface area contributed by atoms with E-state index in [1.807, 2.05) is 0 Å². The standard InChI is InChI=1S/C11H19F3N2O/c1-2-16(10(17)11(12,13)14)9-6-4-3-5-8(9)7-15/h8-9H,2-7,15H2,1H3. The van der Waals surface area contributed by atoms with Crippen LogP contribution in [0.1, 0.15) is 32.6 Å². The maximum Gasteiger partial charge on any atom is 0.471 e. The van der Waals surface area contributed by atoms with Gasteiger partial charge in [0.15, 0.2) is 0 Å². The molecule has 100 valence electrons. The molecule has 1 amide bonds. The lowest BCUT2D eigenvalue weighted by atomic mass is 9.83. The lowest BCUT2D eigenvalue weighted by Gasteiger charge is -2.39. The molecule has 2 unspecified atom stereocenters. The minimum atomic E-state index is -4.79. The Morgan fingerprint density at radius 1 is 1.35 bits per heavy atom.